The lowest BCUT2D eigenvalue weighted by Crippen LogP contribution is -2.58. The van der Waals surface area contributed by atoms with Crippen LogP contribution in [-0.4, -0.2) is 36.2 Å². The number of nitrogens with one attached hydrogen (secondary N) is 1. The SMILES string of the molecule is CC1(C)Oc2ccccc2C1NC1CN2CCC1CC2. The number of para-hydroxylation sites is 1. The van der Waals surface area contributed by atoms with Crippen molar-refractivity contribution in [2.45, 2.75) is 44.4 Å². The largest absolute Gasteiger partial charge is 0.486 e. The normalized spacial score (nSPS) is 37.5. The van der Waals surface area contributed by atoms with E-state index in [0.717, 1.165) is 11.7 Å². The molecule has 2 bridgehead atoms. The zero-order valence-corrected chi connectivity index (χ0v) is 12.4. The number of piperidine rings is 3. The third kappa shape index (κ3) is 1.95. The molecule has 3 fully saturated rings. The third-order valence-electron chi connectivity index (χ3n) is 5.34. The Morgan fingerprint density at radius 3 is 2.65 bits per heavy atom. The van der Waals surface area contributed by atoms with Crippen LogP contribution in [0.25, 0.3) is 0 Å². The molecule has 0 aliphatic carbocycles. The number of nitrogens with zero attached hydrogens (tertiary/aromatic N) is 1. The fraction of sp³-hybridized carbons (Fsp3) is 0.647. The van der Waals surface area contributed by atoms with E-state index in [0.29, 0.717) is 12.1 Å². The fourth-order valence-corrected chi connectivity index (χ4v) is 4.19. The Hall–Kier alpha value is -1.06. The minimum Gasteiger partial charge on any atom is -0.486 e. The summed E-state index contributed by atoms with van der Waals surface area (Å²) in [6.07, 6.45) is 2.71. The van der Waals surface area contributed by atoms with Crippen molar-refractivity contribution in [2.75, 3.05) is 19.6 Å². The Morgan fingerprint density at radius 2 is 1.95 bits per heavy atom. The first kappa shape index (κ1) is 12.7. The van der Waals surface area contributed by atoms with Crippen molar-refractivity contribution >= 4 is 0 Å². The van der Waals surface area contributed by atoms with Crippen molar-refractivity contribution in [1.82, 2.24) is 10.2 Å². The van der Waals surface area contributed by atoms with Gasteiger partial charge in [-0.2, -0.15) is 0 Å². The second-order valence-corrected chi connectivity index (χ2v) is 7.09. The summed E-state index contributed by atoms with van der Waals surface area (Å²) in [4.78, 5) is 2.60. The molecule has 4 heterocycles. The van der Waals surface area contributed by atoms with Crippen molar-refractivity contribution < 1.29 is 4.74 Å². The average Bonchev–Trinajstić information content (AvgIpc) is 2.71. The number of benzene rings is 1. The molecule has 0 aromatic heterocycles. The molecule has 0 saturated carbocycles. The first-order chi connectivity index (χ1) is 9.63. The fourth-order valence-electron chi connectivity index (χ4n) is 4.19. The Balaban J connectivity index is 1.58. The number of ether oxygens (including phenoxy) is 1. The number of hydrogen-bond acceptors (Lipinski definition) is 3. The van der Waals surface area contributed by atoms with Gasteiger partial charge in [0.2, 0.25) is 0 Å². The first-order valence-electron chi connectivity index (χ1n) is 7.90. The van der Waals surface area contributed by atoms with Crippen LogP contribution in [-0.2, 0) is 0 Å². The van der Waals surface area contributed by atoms with E-state index in [-0.39, 0.29) is 5.60 Å². The summed E-state index contributed by atoms with van der Waals surface area (Å²) in [5, 5.41) is 3.93. The first-order valence-corrected chi connectivity index (χ1v) is 7.90. The quantitative estimate of drug-likeness (QED) is 0.895. The van der Waals surface area contributed by atoms with Crippen molar-refractivity contribution in [1.29, 1.82) is 0 Å². The van der Waals surface area contributed by atoms with Crippen LogP contribution in [0.15, 0.2) is 24.3 Å². The summed E-state index contributed by atoms with van der Waals surface area (Å²) in [6.45, 7) is 8.20. The smallest absolute Gasteiger partial charge is 0.125 e. The molecule has 4 aliphatic rings. The zero-order valence-electron chi connectivity index (χ0n) is 12.4. The lowest BCUT2D eigenvalue weighted by Gasteiger charge is -2.46. The van der Waals surface area contributed by atoms with Gasteiger partial charge in [-0.05, 0) is 51.8 Å². The maximum Gasteiger partial charge on any atom is 0.125 e. The van der Waals surface area contributed by atoms with Crippen molar-refractivity contribution in [3.05, 3.63) is 29.8 Å². The van der Waals surface area contributed by atoms with Gasteiger partial charge in [-0.3, -0.25) is 0 Å². The van der Waals surface area contributed by atoms with Gasteiger partial charge in [0.1, 0.15) is 11.4 Å². The van der Waals surface area contributed by atoms with E-state index >= 15 is 0 Å². The van der Waals surface area contributed by atoms with Gasteiger partial charge in [0, 0.05) is 18.2 Å². The summed E-state index contributed by atoms with van der Waals surface area (Å²) in [6, 6.07) is 9.42. The van der Waals surface area contributed by atoms with Crippen LogP contribution in [0.3, 0.4) is 0 Å². The van der Waals surface area contributed by atoms with E-state index in [4.69, 9.17) is 4.74 Å². The second kappa shape index (κ2) is 4.47. The predicted octanol–water partition coefficient (Wildman–Crippen LogP) is 2.58. The van der Waals surface area contributed by atoms with Gasteiger partial charge in [0.15, 0.2) is 0 Å². The molecule has 108 valence electrons. The highest BCUT2D eigenvalue weighted by Gasteiger charge is 2.44. The van der Waals surface area contributed by atoms with Crippen LogP contribution in [0, 0.1) is 5.92 Å². The Morgan fingerprint density at radius 1 is 1.20 bits per heavy atom. The molecule has 20 heavy (non-hydrogen) atoms. The second-order valence-electron chi connectivity index (χ2n) is 7.09. The van der Waals surface area contributed by atoms with Crippen LogP contribution in [0.1, 0.15) is 38.3 Å². The van der Waals surface area contributed by atoms with Crippen LogP contribution in [0.5, 0.6) is 5.75 Å². The van der Waals surface area contributed by atoms with Crippen molar-refractivity contribution in [3.63, 3.8) is 0 Å². The molecule has 1 aromatic rings. The van der Waals surface area contributed by atoms with Gasteiger partial charge in [-0.1, -0.05) is 18.2 Å². The molecule has 0 spiro atoms. The van der Waals surface area contributed by atoms with Gasteiger partial charge in [-0.25, -0.2) is 0 Å². The molecule has 0 radical (unpaired) electrons. The van der Waals surface area contributed by atoms with Crippen LogP contribution < -0.4 is 10.1 Å². The van der Waals surface area contributed by atoms with E-state index in [1.165, 1.54) is 38.0 Å². The molecule has 5 rings (SSSR count). The highest BCUT2D eigenvalue weighted by molar-refractivity contribution is 5.42. The molecule has 2 atom stereocenters. The molecule has 2 unspecified atom stereocenters. The highest BCUT2D eigenvalue weighted by Crippen LogP contribution is 2.44. The molecular formula is C17H24N2O. The van der Waals surface area contributed by atoms with E-state index in [2.05, 4.69) is 48.3 Å². The molecule has 1 aromatic carbocycles. The van der Waals surface area contributed by atoms with Crippen LogP contribution in [0.4, 0.5) is 0 Å². The molecule has 4 aliphatic heterocycles. The minimum absolute atomic E-state index is 0.157. The monoisotopic (exact) mass is 272 g/mol. The molecule has 3 nitrogen and oxygen atoms in total. The van der Waals surface area contributed by atoms with E-state index in [9.17, 15) is 0 Å². The Labute approximate surface area is 121 Å². The van der Waals surface area contributed by atoms with Gasteiger partial charge in [0.25, 0.3) is 0 Å². The molecule has 3 saturated heterocycles. The van der Waals surface area contributed by atoms with E-state index < -0.39 is 0 Å². The summed E-state index contributed by atoms with van der Waals surface area (Å²) in [5.41, 5.74) is 1.17. The highest BCUT2D eigenvalue weighted by atomic mass is 16.5. The number of fused-ring (bicyclic) bond motifs is 4. The van der Waals surface area contributed by atoms with Crippen LogP contribution in [0.2, 0.25) is 0 Å². The topological polar surface area (TPSA) is 24.5 Å². The average molecular weight is 272 g/mol. The maximum absolute atomic E-state index is 6.15. The summed E-state index contributed by atoms with van der Waals surface area (Å²) in [7, 11) is 0. The van der Waals surface area contributed by atoms with Gasteiger partial charge >= 0.3 is 0 Å². The third-order valence-corrected chi connectivity index (χ3v) is 5.34. The summed E-state index contributed by atoms with van der Waals surface area (Å²) in [5.74, 6) is 1.90. The maximum atomic E-state index is 6.15. The lowest BCUT2D eigenvalue weighted by molar-refractivity contribution is 0.0386. The van der Waals surface area contributed by atoms with Crippen LogP contribution >= 0.6 is 0 Å². The lowest BCUT2D eigenvalue weighted by atomic mass is 9.82. The Bertz CT molecular complexity index is 505. The summed E-state index contributed by atoms with van der Waals surface area (Å²) < 4.78 is 6.15. The minimum atomic E-state index is -0.157. The van der Waals surface area contributed by atoms with Crippen molar-refractivity contribution in [3.8, 4) is 5.75 Å². The van der Waals surface area contributed by atoms with Gasteiger partial charge in [-0.15, -0.1) is 0 Å². The van der Waals surface area contributed by atoms with E-state index in [1.54, 1.807) is 0 Å². The zero-order chi connectivity index (χ0) is 13.7. The molecular weight excluding hydrogens is 248 g/mol. The standard InChI is InChI=1S/C17H24N2O/c1-17(2)16(13-5-3-4-6-15(13)20-17)18-14-11-19-9-7-12(14)8-10-19/h3-6,12,14,16,18H,7-11H2,1-2H3. The molecule has 3 heteroatoms. The number of hydrogen-bond donors (Lipinski definition) is 1. The van der Waals surface area contributed by atoms with E-state index in [1.807, 2.05) is 0 Å². The summed E-state index contributed by atoms with van der Waals surface area (Å²) >= 11 is 0. The predicted molar refractivity (Wildman–Crippen MR) is 80.0 cm³/mol. The number of rotatable bonds is 2. The van der Waals surface area contributed by atoms with Gasteiger partial charge < -0.3 is 15.0 Å². The van der Waals surface area contributed by atoms with Gasteiger partial charge in [0.05, 0.1) is 6.04 Å². The molecule has 0 amide bonds. The molecule has 1 N–H and O–H groups in total. The van der Waals surface area contributed by atoms with Crippen molar-refractivity contribution in [2.24, 2.45) is 5.92 Å². The Kier molecular flexibility index (Phi) is 2.83.